The molecule has 198 valence electrons. The minimum absolute atomic E-state index is 0.0347. The van der Waals surface area contributed by atoms with Crippen molar-refractivity contribution in [2.75, 3.05) is 5.32 Å². The number of carbonyl (C=O) groups is 3. The first-order chi connectivity index (χ1) is 17.6. The van der Waals surface area contributed by atoms with Gasteiger partial charge in [-0.05, 0) is 62.7 Å². The number of ketones is 1. The average Bonchev–Trinajstić information content (AvgIpc) is 3.58. The number of anilines is 1. The van der Waals surface area contributed by atoms with E-state index in [0.29, 0.717) is 30.1 Å². The molecule has 1 amide bonds. The fourth-order valence-corrected chi connectivity index (χ4v) is 5.34. The van der Waals surface area contributed by atoms with Gasteiger partial charge in [0.25, 0.3) is 5.91 Å². The van der Waals surface area contributed by atoms with E-state index in [1.807, 2.05) is 0 Å². The molecule has 5 rings (SSSR count). The van der Waals surface area contributed by atoms with E-state index in [-0.39, 0.29) is 28.8 Å². The molecule has 2 aromatic heterocycles. The number of rotatable bonds is 8. The number of fused-ring (bicyclic) bond motifs is 1. The molecule has 3 aliphatic carbocycles. The summed E-state index contributed by atoms with van der Waals surface area (Å²) in [6.45, 7) is 4.11. The summed E-state index contributed by atoms with van der Waals surface area (Å²) < 4.78 is 7.19. The number of hydrogen-bond acceptors (Lipinski definition) is 9. The van der Waals surface area contributed by atoms with E-state index in [4.69, 9.17) is 21.3 Å². The molecule has 0 aromatic carbocycles. The van der Waals surface area contributed by atoms with Crippen molar-refractivity contribution >= 4 is 23.5 Å². The number of esters is 1. The van der Waals surface area contributed by atoms with Crippen molar-refractivity contribution in [3.8, 4) is 5.82 Å². The van der Waals surface area contributed by atoms with E-state index in [9.17, 15) is 14.4 Å². The van der Waals surface area contributed by atoms with Crippen LogP contribution in [0.1, 0.15) is 97.4 Å². The number of aromatic nitrogens is 4. The Morgan fingerprint density at radius 2 is 1.92 bits per heavy atom. The lowest BCUT2D eigenvalue weighted by atomic mass is 9.75. The van der Waals surface area contributed by atoms with Gasteiger partial charge in [-0.3, -0.25) is 9.59 Å². The average molecular weight is 510 g/mol. The molecule has 0 radical (unpaired) electrons. The second-order valence-electron chi connectivity index (χ2n) is 11.4. The first-order valence-corrected chi connectivity index (χ1v) is 13.1. The Morgan fingerprint density at radius 3 is 2.59 bits per heavy atom. The summed E-state index contributed by atoms with van der Waals surface area (Å²) in [6.07, 6.45) is 8.86. The lowest BCUT2D eigenvalue weighted by Gasteiger charge is -2.29. The molecule has 5 N–H and O–H groups in total. The second kappa shape index (κ2) is 9.85. The maximum atomic E-state index is 13.1. The standard InChI is InChI=1S/C26H35N7O4/c1-26(2)11-17-20(18(34)12-26)16(10-14-8-9-14)32-33(17)19-13-29-21(23(28)35)24(30-19)31-22(27)25(36)37-15-6-4-3-5-7-15/h13-15,22H,3-12,27H2,1-2H3,(H2,28,35)(H,30,31). The first kappa shape index (κ1) is 25.3. The maximum Gasteiger partial charge on any atom is 0.343 e. The van der Waals surface area contributed by atoms with Gasteiger partial charge >= 0.3 is 5.97 Å². The normalized spacial score (nSPS) is 20.2. The Balaban J connectivity index is 1.46. The van der Waals surface area contributed by atoms with Crippen LogP contribution in [-0.2, 0) is 22.4 Å². The summed E-state index contributed by atoms with van der Waals surface area (Å²) >= 11 is 0. The Hall–Kier alpha value is -3.34. The lowest BCUT2D eigenvalue weighted by Crippen LogP contribution is -2.42. The number of Topliss-reactive ketones (excluding diaryl/α,β-unsaturated/α-hetero) is 1. The molecule has 2 fully saturated rings. The number of primary amides is 1. The number of nitrogens with two attached hydrogens (primary N) is 2. The number of ether oxygens (including phenoxy) is 1. The molecular weight excluding hydrogens is 474 g/mol. The SMILES string of the molecule is CC1(C)CC(=O)c2c(CC3CC3)nn(-c3cnc(C(N)=O)c(NC(N)C(=O)OC4CCCCC4)n3)c2C1. The smallest absolute Gasteiger partial charge is 0.343 e. The fourth-order valence-electron chi connectivity index (χ4n) is 5.34. The Labute approximate surface area is 215 Å². The minimum atomic E-state index is -1.26. The van der Waals surface area contributed by atoms with Crippen LogP contribution in [0.3, 0.4) is 0 Å². The van der Waals surface area contributed by atoms with E-state index in [1.54, 1.807) is 4.68 Å². The third kappa shape index (κ3) is 5.51. The van der Waals surface area contributed by atoms with Gasteiger partial charge in [0.2, 0.25) is 0 Å². The van der Waals surface area contributed by atoms with Crippen molar-refractivity contribution in [3.05, 3.63) is 28.8 Å². The third-order valence-corrected chi connectivity index (χ3v) is 7.39. The predicted octanol–water partition coefficient (Wildman–Crippen LogP) is 2.44. The molecule has 2 aromatic rings. The topological polar surface area (TPSA) is 168 Å². The molecule has 1 atom stereocenters. The Kier molecular flexibility index (Phi) is 6.74. The largest absolute Gasteiger partial charge is 0.460 e. The monoisotopic (exact) mass is 509 g/mol. The second-order valence-corrected chi connectivity index (χ2v) is 11.4. The number of hydrogen-bond donors (Lipinski definition) is 3. The number of amides is 1. The number of nitrogens with one attached hydrogen (secondary N) is 1. The first-order valence-electron chi connectivity index (χ1n) is 13.1. The quantitative estimate of drug-likeness (QED) is 0.357. The van der Waals surface area contributed by atoms with Gasteiger partial charge in [-0.2, -0.15) is 5.10 Å². The molecule has 0 aliphatic heterocycles. The fraction of sp³-hybridized carbons (Fsp3) is 0.615. The lowest BCUT2D eigenvalue weighted by molar-refractivity contribution is -0.151. The molecule has 2 saturated carbocycles. The highest BCUT2D eigenvalue weighted by molar-refractivity contribution is 6.00. The van der Waals surface area contributed by atoms with Gasteiger partial charge in [0.15, 0.2) is 29.3 Å². The van der Waals surface area contributed by atoms with Gasteiger partial charge in [0.05, 0.1) is 23.1 Å². The highest BCUT2D eigenvalue weighted by Gasteiger charge is 2.38. The Bertz CT molecular complexity index is 1230. The molecule has 11 nitrogen and oxygen atoms in total. The van der Waals surface area contributed by atoms with E-state index in [1.165, 1.54) is 6.20 Å². The molecule has 2 heterocycles. The molecule has 1 unspecified atom stereocenters. The van der Waals surface area contributed by atoms with Crippen LogP contribution in [0.15, 0.2) is 6.20 Å². The van der Waals surface area contributed by atoms with Crippen molar-refractivity contribution in [2.45, 2.75) is 90.3 Å². The van der Waals surface area contributed by atoms with Crippen LogP contribution in [0.2, 0.25) is 0 Å². The molecule has 0 bridgehead atoms. The van der Waals surface area contributed by atoms with E-state index < -0.39 is 18.0 Å². The predicted molar refractivity (Wildman–Crippen MR) is 135 cm³/mol. The van der Waals surface area contributed by atoms with E-state index in [0.717, 1.165) is 62.8 Å². The van der Waals surface area contributed by atoms with Gasteiger partial charge in [0.1, 0.15) is 6.10 Å². The van der Waals surface area contributed by atoms with Crippen LogP contribution in [0.25, 0.3) is 5.82 Å². The van der Waals surface area contributed by atoms with Crippen LogP contribution in [0, 0.1) is 11.3 Å². The van der Waals surface area contributed by atoms with Crippen molar-refractivity contribution < 1.29 is 19.1 Å². The van der Waals surface area contributed by atoms with Crippen molar-refractivity contribution in [2.24, 2.45) is 22.8 Å². The molecule has 0 spiro atoms. The van der Waals surface area contributed by atoms with Crippen LogP contribution in [0.4, 0.5) is 5.82 Å². The van der Waals surface area contributed by atoms with Crippen LogP contribution in [0.5, 0.6) is 0 Å². The number of carbonyl (C=O) groups excluding carboxylic acids is 3. The van der Waals surface area contributed by atoms with Crippen LogP contribution < -0.4 is 16.8 Å². The molecule has 0 saturated heterocycles. The Morgan fingerprint density at radius 1 is 1.19 bits per heavy atom. The van der Waals surface area contributed by atoms with Gasteiger partial charge < -0.3 is 21.5 Å². The third-order valence-electron chi connectivity index (χ3n) is 7.39. The van der Waals surface area contributed by atoms with Crippen LogP contribution >= 0.6 is 0 Å². The van der Waals surface area contributed by atoms with Crippen LogP contribution in [-0.4, -0.2) is 49.7 Å². The van der Waals surface area contributed by atoms with E-state index >= 15 is 0 Å². The molecule has 37 heavy (non-hydrogen) atoms. The molecule has 11 heteroatoms. The van der Waals surface area contributed by atoms with Crippen molar-refractivity contribution in [1.29, 1.82) is 0 Å². The summed E-state index contributed by atoms with van der Waals surface area (Å²) in [5.74, 6) is -0.547. The molecule has 3 aliphatic rings. The zero-order valence-electron chi connectivity index (χ0n) is 21.5. The highest BCUT2D eigenvalue weighted by atomic mass is 16.5. The van der Waals surface area contributed by atoms with E-state index in [2.05, 4.69) is 29.1 Å². The number of nitrogens with zero attached hydrogens (tertiary/aromatic N) is 4. The van der Waals surface area contributed by atoms with Gasteiger partial charge in [-0.1, -0.05) is 20.3 Å². The zero-order chi connectivity index (χ0) is 26.3. The highest BCUT2D eigenvalue weighted by Crippen LogP contribution is 2.40. The summed E-state index contributed by atoms with van der Waals surface area (Å²) in [7, 11) is 0. The van der Waals surface area contributed by atoms with Crippen molar-refractivity contribution in [3.63, 3.8) is 0 Å². The van der Waals surface area contributed by atoms with Gasteiger partial charge in [-0.25, -0.2) is 19.4 Å². The summed E-state index contributed by atoms with van der Waals surface area (Å²) in [4.78, 5) is 46.6. The van der Waals surface area contributed by atoms with Crippen molar-refractivity contribution in [1.82, 2.24) is 19.7 Å². The summed E-state index contributed by atoms with van der Waals surface area (Å²) in [6, 6.07) is 0. The molecular formula is C26H35N7O4. The summed E-state index contributed by atoms with van der Waals surface area (Å²) in [5, 5.41) is 7.56. The van der Waals surface area contributed by atoms with Gasteiger partial charge in [-0.15, -0.1) is 0 Å². The minimum Gasteiger partial charge on any atom is -0.460 e. The zero-order valence-corrected chi connectivity index (χ0v) is 21.5. The summed E-state index contributed by atoms with van der Waals surface area (Å²) in [5.41, 5.74) is 13.5. The maximum absolute atomic E-state index is 13.1. The van der Waals surface area contributed by atoms with Gasteiger partial charge in [0, 0.05) is 6.42 Å².